The van der Waals surface area contributed by atoms with Crippen molar-refractivity contribution >= 4 is 23.5 Å². The van der Waals surface area contributed by atoms with E-state index in [4.69, 9.17) is 4.74 Å². The largest absolute Gasteiger partial charge is 0.465 e. The van der Waals surface area contributed by atoms with E-state index in [0.29, 0.717) is 12.2 Å². The fraction of sp³-hybridized carbons (Fsp3) is 0.385. The van der Waals surface area contributed by atoms with Gasteiger partial charge in [0.15, 0.2) is 5.78 Å². The minimum atomic E-state index is -0.273. The van der Waals surface area contributed by atoms with Crippen molar-refractivity contribution in [2.75, 3.05) is 12.4 Å². The summed E-state index contributed by atoms with van der Waals surface area (Å²) in [7, 11) is 0. The van der Waals surface area contributed by atoms with E-state index in [9.17, 15) is 9.59 Å². The van der Waals surface area contributed by atoms with Crippen molar-refractivity contribution in [1.82, 2.24) is 0 Å². The number of benzene rings is 1. The molecule has 1 atom stereocenters. The SMILES string of the molecule is CCOC(=O)CSC(C)C(=O)c1ccccc1. The number of Topliss-reactive ketones (excluding diaryl/α,β-unsaturated/α-hetero) is 1. The van der Waals surface area contributed by atoms with Crippen LogP contribution in [0.15, 0.2) is 30.3 Å². The Morgan fingerprint density at radius 3 is 2.53 bits per heavy atom. The molecule has 1 aromatic carbocycles. The van der Waals surface area contributed by atoms with Crippen molar-refractivity contribution in [3.63, 3.8) is 0 Å². The summed E-state index contributed by atoms with van der Waals surface area (Å²) in [6, 6.07) is 9.09. The lowest BCUT2D eigenvalue weighted by Gasteiger charge is -2.09. The first kappa shape index (κ1) is 13.8. The summed E-state index contributed by atoms with van der Waals surface area (Å²) >= 11 is 1.30. The molecule has 0 radical (unpaired) electrons. The quantitative estimate of drug-likeness (QED) is 0.576. The fourth-order valence-corrected chi connectivity index (χ4v) is 2.07. The zero-order valence-corrected chi connectivity index (χ0v) is 10.8. The molecule has 0 aliphatic heterocycles. The van der Waals surface area contributed by atoms with Crippen LogP contribution in [0, 0.1) is 0 Å². The molecule has 1 aromatic rings. The maximum Gasteiger partial charge on any atom is 0.315 e. The number of esters is 1. The summed E-state index contributed by atoms with van der Waals surface area (Å²) in [6.07, 6.45) is 0. The molecule has 0 aromatic heterocycles. The van der Waals surface area contributed by atoms with E-state index in [1.807, 2.05) is 18.2 Å². The van der Waals surface area contributed by atoms with Crippen LogP contribution in [-0.2, 0) is 9.53 Å². The molecule has 0 spiro atoms. The average molecular weight is 252 g/mol. The molecular weight excluding hydrogens is 236 g/mol. The van der Waals surface area contributed by atoms with Crippen molar-refractivity contribution in [2.45, 2.75) is 19.1 Å². The van der Waals surface area contributed by atoms with Crippen LogP contribution in [0.25, 0.3) is 0 Å². The van der Waals surface area contributed by atoms with E-state index in [1.54, 1.807) is 26.0 Å². The second-order valence-electron chi connectivity index (χ2n) is 3.49. The summed E-state index contributed by atoms with van der Waals surface area (Å²) < 4.78 is 4.81. The van der Waals surface area contributed by atoms with Crippen LogP contribution in [0.3, 0.4) is 0 Å². The second kappa shape index (κ2) is 7.12. The maximum atomic E-state index is 11.9. The molecule has 0 heterocycles. The van der Waals surface area contributed by atoms with Crippen molar-refractivity contribution < 1.29 is 14.3 Å². The fourth-order valence-electron chi connectivity index (χ4n) is 1.31. The van der Waals surface area contributed by atoms with Crippen LogP contribution >= 0.6 is 11.8 Å². The Labute approximate surface area is 106 Å². The third-order valence-electron chi connectivity index (χ3n) is 2.18. The van der Waals surface area contributed by atoms with Crippen LogP contribution in [0.5, 0.6) is 0 Å². The van der Waals surface area contributed by atoms with E-state index in [-0.39, 0.29) is 22.8 Å². The third-order valence-corrected chi connectivity index (χ3v) is 3.30. The lowest BCUT2D eigenvalue weighted by molar-refractivity contribution is -0.139. The Morgan fingerprint density at radius 2 is 1.94 bits per heavy atom. The van der Waals surface area contributed by atoms with Crippen molar-refractivity contribution in [3.05, 3.63) is 35.9 Å². The van der Waals surface area contributed by atoms with Gasteiger partial charge in [-0.3, -0.25) is 9.59 Å². The van der Waals surface area contributed by atoms with Gasteiger partial charge in [-0.05, 0) is 13.8 Å². The molecule has 92 valence electrons. The zero-order chi connectivity index (χ0) is 12.7. The molecule has 0 amide bonds. The standard InChI is InChI=1S/C13H16O3S/c1-3-16-12(14)9-17-10(2)13(15)11-7-5-4-6-8-11/h4-8,10H,3,9H2,1-2H3. The Morgan fingerprint density at radius 1 is 1.29 bits per heavy atom. The molecule has 1 rings (SSSR count). The number of thioether (sulfide) groups is 1. The minimum absolute atomic E-state index is 0.0416. The summed E-state index contributed by atoms with van der Waals surface area (Å²) in [5, 5.41) is -0.234. The number of carbonyl (C=O) groups excluding carboxylic acids is 2. The monoisotopic (exact) mass is 252 g/mol. The lowest BCUT2D eigenvalue weighted by atomic mass is 10.1. The van der Waals surface area contributed by atoms with E-state index < -0.39 is 0 Å². The zero-order valence-electron chi connectivity index (χ0n) is 10.0. The first-order valence-electron chi connectivity index (χ1n) is 5.51. The highest BCUT2D eigenvalue weighted by molar-refractivity contribution is 8.01. The molecule has 0 N–H and O–H groups in total. The van der Waals surface area contributed by atoms with Crippen LogP contribution in [0.2, 0.25) is 0 Å². The van der Waals surface area contributed by atoms with Gasteiger partial charge in [0, 0.05) is 5.56 Å². The molecule has 0 saturated heterocycles. The molecule has 4 heteroatoms. The highest BCUT2D eigenvalue weighted by atomic mass is 32.2. The third kappa shape index (κ3) is 4.61. The Hall–Kier alpha value is -1.29. The van der Waals surface area contributed by atoms with E-state index in [0.717, 1.165) is 0 Å². The van der Waals surface area contributed by atoms with Gasteiger partial charge in [0.25, 0.3) is 0 Å². The summed E-state index contributed by atoms with van der Waals surface area (Å²) in [6.45, 7) is 3.95. The van der Waals surface area contributed by atoms with Gasteiger partial charge in [0.05, 0.1) is 17.6 Å². The molecule has 3 nitrogen and oxygen atoms in total. The number of hydrogen-bond donors (Lipinski definition) is 0. The van der Waals surface area contributed by atoms with E-state index in [2.05, 4.69) is 0 Å². The van der Waals surface area contributed by atoms with E-state index in [1.165, 1.54) is 11.8 Å². The molecule has 0 bridgehead atoms. The van der Waals surface area contributed by atoms with Crippen LogP contribution in [0.1, 0.15) is 24.2 Å². The van der Waals surface area contributed by atoms with Gasteiger partial charge in [0.1, 0.15) is 0 Å². The molecule has 1 unspecified atom stereocenters. The number of carbonyl (C=O) groups is 2. The minimum Gasteiger partial charge on any atom is -0.465 e. The Bertz CT molecular complexity index is 376. The Kier molecular flexibility index (Phi) is 5.77. The summed E-state index contributed by atoms with van der Waals surface area (Å²) in [5.41, 5.74) is 0.677. The number of ketones is 1. The molecule has 0 fully saturated rings. The molecule has 0 saturated carbocycles. The first-order valence-corrected chi connectivity index (χ1v) is 6.56. The normalized spacial score (nSPS) is 11.9. The number of hydrogen-bond acceptors (Lipinski definition) is 4. The van der Waals surface area contributed by atoms with Gasteiger partial charge in [-0.1, -0.05) is 30.3 Å². The van der Waals surface area contributed by atoms with Gasteiger partial charge in [0.2, 0.25) is 0 Å². The van der Waals surface area contributed by atoms with Crippen molar-refractivity contribution in [3.8, 4) is 0 Å². The van der Waals surface area contributed by atoms with Crippen LogP contribution in [-0.4, -0.2) is 29.4 Å². The van der Waals surface area contributed by atoms with Crippen LogP contribution < -0.4 is 0 Å². The lowest BCUT2D eigenvalue weighted by Crippen LogP contribution is -2.17. The van der Waals surface area contributed by atoms with Crippen molar-refractivity contribution in [1.29, 1.82) is 0 Å². The first-order chi connectivity index (χ1) is 8.15. The highest BCUT2D eigenvalue weighted by Gasteiger charge is 2.16. The molecule has 17 heavy (non-hydrogen) atoms. The predicted molar refractivity (Wildman–Crippen MR) is 69.3 cm³/mol. The van der Waals surface area contributed by atoms with Gasteiger partial charge in [-0.15, -0.1) is 11.8 Å². The molecule has 0 aliphatic carbocycles. The number of ether oxygens (including phenoxy) is 1. The second-order valence-corrected chi connectivity index (χ2v) is 4.82. The highest BCUT2D eigenvalue weighted by Crippen LogP contribution is 2.16. The van der Waals surface area contributed by atoms with Gasteiger partial charge < -0.3 is 4.74 Å². The average Bonchev–Trinajstić information content (AvgIpc) is 2.36. The van der Waals surface area contributed by atoms with Crippen LogP contribution in [0.4, 0.5) is 0 Å². The van der Waals surface area contributed by atoms with Gasteiger partial charge in [-0.2, -0.15) is 0 Å². The Balaban J connectivity index is 2.45. The smallest absolute Gasteiger partial charge is 0.315 e. The molecule has 0 aliphatic rings. The molecular formula is C13H16O3S. The summed E-state index contributed by atoms with van der Waals surface area (Å²) in [5.74, 6) is -0.0155. The van der Waals surface area contributed by atoms with Gasteiger partial charge in [-0.25, -0.2) is 0 Å². The maximum absolute atomic E-state index is 11.9. The number of rotatable bonds is 6. The predicted octanol–water partition coefficient (Wildman–Crippen LogP) is 2.55. The van der Waals surface area contributed by atoms with Gasteiger partial charge >= 0.3 is 5.97 Å². The van der Waals surface area contributed by atoms with Crippen molar-refractivity contribution in [2.24, 2.45) is 0 Å². The topological polar surface area (TPSA) is 43.4 Å². The summed E-state index contributed by atoms with van der Waals surface area (Å²) in [4.78, 5) is 23.1. The van der Waals surface area contributed by atoms with E-state index >= 15 is 0 Å².